The van der Waals surface area contributed by atoms with Gasteiger partial charge < -0.3 is 9.72 Å². The predicted molar refractivity (Wildman–Crippen MR) is 65.8 cm³/mol. The van der Waals surface area contributed by atoms with Crippen LogP contribution in [0.25, 0.3) is 11.0 Å². The van der Waals surface area contributed by atoms with Gasteiger partial charge in [0.2, 0.25) is 0 Å². The first-order valence-corrected chi connectivity index (χ1v) is 5.95. The van der Waals surface area contributed by atoms with E-state index in [0.717, 1.165) is 12.1 Å². The number of nitrogens with one attached hydrogen (secondary N) is 1. The van der Waals surface area contributed by atoms with Crippen LogP contribution in [0.1, 0.15) is 18.3 Å². The fourth-order valence-corrected chi connectivity index (χ4v) is 2.01. The van der Waals surface area contributed by atoms with Crippen molar-refractivity contribution in [1.82, 2.24) is 9.97 Å². The number of H-pyrrole nitrogens is 1. The lowest BCUT2D eigenvalue weighted by molar-refractivity contribution is -0.137. The van der Waals surface area contributed by atoms with Crippen molar-refractivity contribution in [3.63, 3.8) is 0 Å². The zero-order valence-corrected chi connectivity index (χ0v) is 10.7. The Labute approximate surface area is 108 Å². The number of imidazole rings is 1. The summed E-state index contributed by atoms with van der Waals surface area (Å²) in [5.74, 6) is 0.937. The van der Waals surface area contributed by atoms with E-state index < -0.39 is 11.7 Å². The Hall–Kier alpha value is -1.56. The lowest BCUT2D eigenvalue weighted by Crippen LogP contribution is -2.07. The zero-order chi connectivity index (χ0) is 14.0. The number of halogens is 3. The highest BCUT2D eigenvalue weighted by atomic mass is 19.4. The van der Waals surface area contributed by atoms with E-state index in [1.54, 1.807) is 7.11 Å². The van der Waals surface area contributed by atoms with Crippen LogP contribution in [0.5, 0.6) is 0 Å². The third kappa shape index (κ3) is 3.26. The van der Waals surface area contributed by atoms with Crippen molar-refractivity contribution >= 4 is 11.0 Å². The van der Waals surface area contributed by atoms with Gasteiger partial charge in [0.05, 0.1) is 16.6 Å². The van der Waals surface area contributed by atoms with Crippen molar-refractivity contribution < 1.29 is 17.9 Å². The first-order valence-electron chi connectivity index (χ1n) is 5.95. The molecule has 0 saturated heterocycles. The first-order chi connectivity index (χ1) is 8.90. The van der Waals surface area contributed by atoms with E-state index in [1.807, 2.05) is 6.92 Å². The summed E-state index contributed by atoms with van der Waals surface area (Å²) in [6.45, 7) is 2.59. The van der Waals surface area contributed by atoms with E-state index in [9.17, 15) is 13.2 Å². The summed E-state index contributed by atoms with van der Waals surface area (Å²) in [5, 5.41) is 0. The number of hydrogen-bond acceptors (Lipinski definition) is 2. The summed E-state index contributed by atoms with van der Waals surface area (Å²) >= 11 is 0. The molecule has 1 unspecified atom stereocenters. The Balaban J connectivity index is 2.26. The van der Waals surface area contributed by atoms with E-state index in [0.29, 0.717) is 29.9 Å². The number of hydrogen-bond donors (Lipinski definition) is 1. The summed E-state index contributed by atoms with van der Waals surface area (Å²) in [7, 11) is 1.62. The zero-order valence-electron chi connectivity index (χ0n) is 10.7. The van der Waals surface area contributed by atoms with Gasteiger partial charge >= 0.3 is 6.18 Å². The number of benzene rings is 1. The minimum Gasteiger partial charge on any atom is -0.384 e. The Bertz CT molecular complexity index is 563. The third-order valence-electron chi connectivity index (χ3n) is 2.85. The summed E-state index contributed by atoms with van der Waals surface area (Å²) in [5.41, 5.74) is 0.294. The molecule has 2 rings (SSSR count). The van der Waals surface area contributed by atoms with Crippen LogP contribution in [-0.2, 0) is 17.3 Å². The second-order valence-corrected chi connectivity index (χ2v) is 4.68. The molecule has 1 heterocycles. The molecule has 0 saturated carbocycles. The van der Waals surface area contributed by atoms with Crippen LogP contribution < -0.4 is 0 Å². The van der Waals surface area contributed by atoms with Gasteiger partial charge in [-0.2, -0.15) is 13.2 Å². The van der Waals surface area contributed by atoms with E-state index in [2.05, 4.69) is 9.97 Å². The summed E-state index contributed by atoms with van der Waals surface area (Å²) < 4.78 is 42.8. The van der Waals surface area contributed by atoms with Gasteiger partial charge in [-0.3, -0.25) is 0 Å². The number of methoxy groups -OCH3 is 1. The van der Waals surface area contributed by atoms with E-state index in [4.69, 9.17) is 4.74 Å². The van der Waals surface area contributed by atoms with E-state index in [-0.39, 0.29) is 5.92 Å². The molecule has 3 nitrogen and oxygen atoms in total. The summed E-state index contributed by atoms with van der Waals surface area (Å²) in [6.07, 6.45) is -3.69. The van der Waals surface area contributed by atoms with Gasteiger partial charge in [-0.15, -0.1) is 0 Å². The molecule has 0 bridgehead atoms. The number of ether oxygens (including phenoxy) is 1. The number of rotatable bonds is 4. The van der Waals surface area contributed by atoms with Crippen molar-refractivity contribution in [3.05, 3.63) is 29.6 Å². The van der Waals surface area contributed by atoms with Gasteiger partial charge in [0.15, 0.2) is 0 Å². The molecule has 1 aromatic heterocycles. The normalized spacial score (nSPS) is 13.9. The van der Waals surface area contributed by atoms with Crippen LogP contribution in [0.3, 0.4) is 0 Å². The van der Waals surface area contributed by atoms with Crippen LogP contribution >= 0.6 is 0 Å². The maximum atomic E-state index is 12.6. The van der Waals surface area contributed by atoms with Crippen LogP contribution in [0, 0.1) is 5.92 Å². The Morgan fingerprint density at radius 3 is 2.74 bits per heavy atom. The van der Waals surface area contributed by atoms with E-state index in [1.165, 1.54) is 6.07 Å². The van der Waals surface area contributed by atoms with Gasteiger partial charge in [0.1, 0.15) is 5.82 Å². The average Bonchev–Trinajstić information content (AvgIpc) is 2.68. The van der Waals surface area contributed by atoms with Crippen LogP contribution in [0.2, 0.25) is 0 Å². The molecule has 0 aliphatic rings. The van der Waals surface area contributed by atoms with Crippen molar-refractivity contribution in [2.45, 2.75) is 19.5 Å². The van der Waals surface area contributed by atoms with Crippen molar-refractivity contribution in [2.75, 3.05) is 13.7 Å². The quantitative estimate of drug-likeness (QED) is 0.926. The molecule has 104 valence electrons. The van der Waals surface area contributed by atoms with Crippen LogP contribution in [-0.4, -0.2) is 23.7 Å². The van der Waals surface area contributed by atoms with Gasteiger partial charge in [-0.1, -0.05) is 6.92 Å². The number of aromatic amines is 1. The SMILES string of the molecule is COCC(C)Cc1nc2ccc(C(F)(F)F)cc2[nH]1. The molecule has 19 heavy (non-hydrogen) atoms. The van der Waals surface area contributed by atoms with Crippen molar-refractivity contribution in [3.8, 4) is 0 Å². The molecule has 1 N–H and O–H groups in total. The van der Waals surface area contributed by atoms with Crippen molar-refractivity contribution in [1.29, 1.82) is 0 Å². The first kappa shape index (κ1) is 13.9. The highest BCUT2D eigenvalue weighted by Crippen LogP contribution is 2.30. The fourth-order valence-electron chi connectivity index (χ4n) is 2.01. The number of nitrogens with zero attached hydrogens (tertiary/aromatic N) is 1. The fraction of sp³-hybridized carbons (Fsp3) is 0.462. The minimum absolute atomic E-state index is 0.257. The molecule has 1 aromatic carbocycles. The lowest BCUT2D eigenvalue weighted by atomic mass is 10.1. The third-order valence-corrected chi connectivity index (χ3v) is 2.85. The molecule has 0 spiro atoms. The molecular weight excluding hydrogens is 257 g/mol. The number of aromatic nitrogens is 2. The molecule has 0 radical (unpaired) electrons. The standard InChI is InChI=1S/C13H15F3N2O/c1-8(7-19-2)5-12-17-10-4-3-9(13(14,15)16)6-11(10)18-12/h3-4,6,8H,5,7H2,1-2H3,(H,17,18). The predicted octanol–water partition coefficient (Wildman–Crippen LogP) is 3.41. The molecule has 0 amide bonds. The second-order valence-electron chi connectivity index (χ2n) is 4.68. The maximum Gasteiger partial charge on any atom is 0.416 e. The average molecular weight is 272 g/mol. The Morgan fingerprint density at radius 1 is 1.37 bits per heavy atom. The maximum absolute atomic E-state index is 12.6. The molecule has 6 heteroatoms. The topological polar surface area (TPSA) is 37.9 Å². The molecular formula is C13H15F3N2O. The number of alkyl halides is 3. The Morgan fingerprint density at radius 2 is 2.11 bits per heavy atom. The molecule has 2 aromatic rings. The van der Waals surface area contributed by atoms with Gasteiger partial charge in [0, 0.05) is 20.1 Å². The van der Waals surface area contributed by atoms with Gasteiger partial charge in [-0.25, -0.2) is 4.98 Å². The second kappa shape index (κ2) is 5.21. The monoisotopic (exact) mass is 272 g/mol. The van der Waals surface area contributed by atoms with E-state index >= 15 is 0 Å². The molecule has 0 aliphatic heterocycles. The lowest BCUT2D eigenvalue weighted by Gasteiger charge is -2.06. The minimum atomic E-state index is -4.33. The molecule has 1 atom stereocenters. The number of fused-ring (bicyclic) bond motifs is 1. The van der Waals surface area contributed by atoms with Crippen LogP contribution in [0.4, 0.5) is 13.2 Å². The van der Waals surface area contributed by atoms with Crippen LogP contribution in [0.15, 0.2) is 18.2 Å². The van der Waals surface area contributed by atoms with Crippen molar-refractivity contribution in [2.24, 2.45) is 5.92 Å². The summed E-state index contributed by atoms with van der Waals surface area (Å²) in [6, 6.07) is 3.53. The largest absolute Gasteiger partial charge is 0.416 e. The smallest absolute Gasteiger partial charge is 0.384 e. The highest BCUT2D eigenvalue weighted by molar-refractivity contribution is 5.76. The van der Waals surface area contributed by atoms with Gasteiger partial charge in [0.25, 0.3) is 0 Å². The molecule has 0 aliphatic carbocycles. The molecule has 0 fully saturated rings. The van der Waals surface area contributed by atoms with Gasteiger partial charge in [-0.05, 0) is 24.1 Å². The highest BCUT2D eigenvalue weighted by Gasteiger charge is 2.30. The summed E-state index contributed by atoms with van der Waals surface area (Å²) in [4.78, 5) is 7.21. The Kier molecular flexibility index (Phi) is 3.80.